The Morgan fingerprint density at radius 3 is 2.75 bits per heavy atom. The van der Waals surface area contributed by atoms with Crippen LogP contribution in [0.3, 0.4) is 0 Å². The lowest BCUT2D eigenvalue weighted by Crippen LogP contribution is -1.98. The van der Waals surface area contributed by atoms with Gasteiger partial charge < -0.3 is 4.98 Å². The number of rotatable bonds is 3. The normalized spacial score (nSPS) is 10.3. The summed E-state index contributed by atoms with van der Waals surface area (Å²) in [7, 11) is 0. The number of H-pyrrole nitrogens is 1. The molecule has 4 nitrogen and oxygen atoms in total. The molecule has 2 heterocycles. The molecule has 16 heavy (non-hydrogen) atoms. The van der Waals surface area contributed by atoms with Crippen LogP contribution in [0.1, 0.15) is 19.0 Å². The highest BCUT2D eigenvalue weighted by molar-refractivity contribution is 7.71. The predicted octanol–water partition coefficient (Wildman–Crippen LogP) is 2.55. The Bertz CT molecular complexity index is 521. The van der Waals surface area contributed by atoms with E-state index in [1.54, 1.807) is 18.5 Å². The Labute approximate surface area is 98.8 Å². The molecule has 0 aliphatic heterocycles. The first kappa shape index (κ1) is 10.9. The van der Waals surface area contributed by atoms with Crippen LogP contribution in [0, 0.1) is 4.64 Å². The van der Waals surface area contributed by atoms with E-state index in [-0.39, 0.29) is 0 Å². The molecule has 0 atom stereocenters. The van der Waals surface area contributed by atoms with Gasteiger partial charge in [-0.2, -0.15) is 0 Å². The van der Waals surface area contributed by atoms with Crippen molar-refractivity contribution >= 4 is 12.2 Å². The molecule has 82 valence electrons. The van der Waals surface area contributed by atoms with Gasteiger partial charge in [-0.15, -0.1) is 0 Å². The fourth-order valence-electron chi connectivity index (χ4n) is 1.44. The van der Waals surface area contributed by atoms with E-state index in [1.807, 2.05) is 6.07 Å². The minimum absolute atomic E-state index is 0.574. The van der Waals surface area contributed by atoms with Crippen molar-refractivity contribution in [3.05, 3.63) is 34.9 Å². The van der Waals surface area contributed by atoms with E-state index in [0.29, 0.717) is 16.3 Å². The number of hydrogen-bond donors (Lipinski definition) is 1. The highest BCUT2D eigenvalue weighted by Gasteiger charge is 2.03. The molecule has 5 heteroatoms. The molecule has 0 amide bonds. The van der Waals surface area contributed by atoms with Gasteiger partial charge in [-0.05, 0) is 18.6 Å². The first-order chi connectivity index (χ1) is 7.79. The Morgan fingerprint density at radius 1 is 1.31 bits per heavy atom. The molecule has 0 bridgehead atoms. The van der Waals surface area contributed by atoms with Crippen LogP contribution in [-0.2, 0) is 6.42 Å². The number of hydrogen-bond acceptors (Lipinski definition) is 4. The molecule has 0 fully saturated rings. The zero-order valence-electron chi connectivity index (χ0n) is 8.97. The fourth-order valence-corrected chi connectivity index (χ4v) is 1.67. The van der Waals surface area contributed by atoms with E-state index in [2.05, 4.69) is 26.9 Å². The molecule has 2 aromatic heterocycles. The third kappa shape index (κ3) is 2.49. The maximum atomic E-state index is 5.11. The average Bonchev–Trinajstić information content (AvgIpc) is 2.30. The van der Waals surface area contributed by atoms with Crippen molar-refractivity contribution in [3.63, 3.8) is 0 Å². The van der Waals surface area contributed by atoms with Gasteiger partial charge in [-0.1, -0.05) is 25.6 Å². The van der Waals surface area contributed by atoms with E-state index in [1.165, 1.54) is 0 Å². The second kappa shape index (κ2) is 4.94. The van der Waals surface area contributed by atoms with Crippen LogP contribution in [0.2, 0.25) is 0 Å². The van der Waals surface area contributed by atoms with Crippen LogP contribution >= 0.6 is 12.2 Å². The molecule has 0 aliphatic carbocycles. The van der Waals surface area contributed by atoms with Crippen molar-refractivity contribution in [2.45, 2.75) is 19.8 Å². The van der Waals surface area contributed by atoms with Crippen molar-refractivity contribution in [2.75, 3.05) is 0 Å². The van der Waals surface area contributed by atoms with Gasteiger partial charge in [0, 0.05) is 18.1 Å². The van der Waals surface area contributed by atoms with Gasteiger partial charge in [0.25, 0.3) is 0 Å². The maximum Gasteiger partial charge on any atom is 0.195 e. The Hall–Kier alpha value is -1.62. The van der Waals surface area contributed by atoms with Gasteiger partial charge in [0.1, 0.15) is 4.64 Å². The molecule has 0 aliphatic rings. The Kier molecular flexibility index (Phi) is 3.36. The van der Waals surface area contributed by atoms with Crippen molar-refractivity contribution in [2.24, 2.45) is 0 Å². The number of aromatic amines is 1. The molecule has 2 rings (SSSR count). The van der Waals surface area contributed by atoms with Crippen LogP contribution < -0.4 is 0 Å². The summed E-state index contributed by atoms with van der Waals surface area (Å²) >= 11 is 5.11. The molecular formula is C11H12N4S. The van der Waals surface area contributed by atoms with Crippen molar-refractivity contribution in [1.29, 1.82) is 0 Å². The predicted molar refractivity (Wildman–Crippen MR) is 64.4 cm³/mol. The summed E-state index contributed by atoms with van der Waals surface area (Å²) in [5.74, 6) is 1.21. The summed E-state index contributed by atoms with van der Waals surface area (Å²) in [6, 6.07) is 3.65. The summed E-state index contributed by atoms with van der Waals surface area (Å²) in [5.41, 5.74) is 1.07. The monoisotopic (exact) mass is 232 g/mol. The van der Waals surface area contributed by atoms with Crippen LogP contribution in [0.4, 0.5) is 0 Å². The average molecular weight is 232 g/mol. The van der Waals surface area contributed by atoms with Crippen LogP contribution in [-0.4, -0.2) is 19.9 Å². The van der Waals surface area contributed by atoms with E-state index in [9.17, 15) is 0 Å². The smallest absolute Gasteiger partial charge is 0.195 e. The molecule has 1 N–H and O–H groups in total. The van der Waals surface area contributed by atoms with Gasteiger partial charge in [0.05, 0.1) is 0 Å². The Morgan fingerprint density at radius 2 is 2.06 bits per heavy atom. The van der Waals surface area contributed by atoms with Crippen LogP contribution in [0.15, 0.2) is 24.5 Å². The minimum Gasteiger partial charge on any atom is -0.340 e. The topological polar surface area (TPSA) is 54.5 Å². The van der Waals surface area contributed by atoms with Gasteiger partial charge in [0.2, 0.25) is 0 Å². The third-order valence-corrected chi connectivity index (χ3v) is 2.30. The number of aryl methyl sites for hydroxylation is 1. The van der Waals surface area contributed by atoms with Crippen molar-refractivity contribution in [1.82, 2.24) is 19.9 Å². The highest BCUT2D eigenvalue weighted by atomic mass is 32.1. The van der Waals surface area contributed by atoms with Crippen LogP contribution in [0.5, 0.6) is 0 Å². The summed E-state index contributed by atoms with van der Waals surface area (Å²) < 4.78 is 0.574. The minimum atomic E-state index is 0.574. The van der Waals surface area contributed by atoms with E-state index < -0.39 is 0 Å². The molecule has 2 aromatic rings. The number of nitrogens with one attached hydrogen (secondary N) is 1. The van der Waals surface area contributed by atoms with Crippen LogP contribution in [0.25, 0.3) is 11.6 Å². The molecule has 0 saturated heterocycles. The van der Waals surface area contributed by atoms with E-state index in [0.717, 1.165) is 18.5 Å². The SMILES string of the molecule is CCCc1cc(=S)nc(-c2ncccn2)[nH]1. The lowest BCUT2D eigenvalue weighted by Gasteiger charge is -2.03. The van der Waals surface area contributed by atoms with Crippen molar-refractivity contribution in [3.8, 4) is 11.6 Å². The standard InChI is InChI=1S/C11H12N4S/c1-2-4-8-7-9(16)15-11(14-8)10-12-5-3-6-13-10/h3,5-7H,2,4H2,1H3,(H,14,15,16). The molecule has 0 radical (unpaired) electrons. The quantitative estimate of drug-likeness (QED) is 0.826. The molecule has 0 unspecified atom stereocenters. The van der Waals surface area contributed by atoms with Gasteiger partial charge in [0.15, 0.2) is 11.6 Å². The number of nitrogens with zero attached hydrogens (tertiary/aromatic N) is 3. The fraction of sp³-hybridized carbons (Fsp3) is 0.273. The maximum absolute atomic E-state index is 5.11. The largest absolute Gasteiger partial charge is 0.340 e. The first-order valence-corrected chi connectivity index (χ1v) is 5.58. The van der Waals surface area contributed by atoms with E-state index >= 15 is 0 Å². The first-order valence-electron chi connectivity index (χ1n) is 5.17. The molecule has 0 saturated carbocycles. The van der Waals surface area contributed by atoms with Gasteiger partial charge in [-0.25, -0.2) is 15.0 Å². The van der Waals surface area contributed by atoms with Gasteiger partial charge in [-0.3, -0.25) is 0 Å². The molecule has 0 spiro atoms. The Balaban J connectivity index is 2.45. The second-order valence-electron chi connectivity index (χ2n) is 3.42. The lowest BCUT2D eigenvalue weighted by molar-refractivity contribution is 0.869. The second-order valence-corrected chi connectivity index (χ2v) is 3.83. The molecule has 0 aromatic carbocycles. The summed E-state index contributed by atoms with van der Waals surface area (Å²) in [4.78, 5) is 15.7. The zero-order valence-corrected chi connectivity index (χ0v) is 9.79. The number of aromatic nitrogens is 4. The zero-order chi connectivity index (χ0) is 11.4. The molecular weight excluding hydrogens is 220 g/mol. The lowest BCUT2D eigenvalue weighted by atomic mass is 10.2. The van der Waals surface area contributed by atoms with Crippen molar-refractivity contribution < 1.29 is 0 Å². The highest BCUT2D eigenvalue weighted by Crippen LogP contribution is 2.09. The van der Waals surface area contributed by atoms with E-state index in [4.69, 9.17) is 12.2 Å². The summed E-state index contributed by atoms with van der Waals surface area (Å²) in [6.07, 6.45) is 5.39. The third-order valence-electron chi connectivity index (χ3n) is 2.10. The van der Waals surface area contributed by atoms with Gasteiger partial charge >= 0.3 is 0 Å². The summed E-state index contributed by atoms with van der Waals surface area (Å²) in [6.45, 7) is 2.12. The summed E-state index contributed by atoms with van der Waals surface area (Å²) in [5, 5.41) is 0.